The molecule has 1 aliphatic rings. The van der Waals surface area contributed by atoms with Crippen molar-refractivity contribution in [2.24, 2.45) is 0 Å². The lowest BCUT2D eigenvalue weighted by molar-refractivity contribution is 0.180. The van der Waals surface area contributed by atoms with Crippen LogP contribution in [0.4, 0.5) is 0 Å². The smallest absolute Gasteiger partial charge is 0.0796 e. The third-order valence-electron chi connectivity index (χ3n) is 2.18. The van der Waals surface area contributed by atoms with Gasteiger partial charge in [0.1, 0.15) is 0 Å². The van der Waals surface area contributed by atoms with Gasteiger partial charge in [0, 0.05) is 3.57 Å². The summed E-state index contributed by atoms with van der Waals surface area (Å²) in [5, 5.41) is 9.50. The Labute approximate surface area is 79.6 Å². The molecule has 0 saturated carbocycles. The minimum Gasteiger partial charge on any atom is -0.388 e. The average Bonchev–Trinajstić information content (AvgIpc) is 2.35. The molecule has 0 saturated heterocycles. The summed E-state index contributed by atoms with van der Waals surface area (Å²) < 4.78 is 1.29. The largest absolute Gasteiger partial charge is 0.388 e. The molecule has 0 spiro atoms. The van der Waals surface area contributed by atoms with Crippen LogP contribution in [0.15, 0.2) is 18.2 Å². The molecule has 1 aromatic rings. The predicted octanol–water partition coefficient (Wildman–Crippen LogP) is 2.27. The zero-order valence-corrected chi connectivity index (χ0v) is 8.21. The van der Waals surface area contributed by atoms with Crippen LogP contribution in [0.5, 0.6) is 0 Å². The number of aliphatic hydroxyl groups is 1. The van der Waals surface area contributed by atoms with Crippen LogP contribution in [-0.2, 0) is 6.42 Å². The number of fused-ring (bicyclic) bond motifs is 1. The van der Waals surface area contributed by atoms with Crippen molar-refractivity contribution < 1.29 is 5.11 Å². The molecule has 1 aliphatic carbocycles. The molecule has 2 rings (SSSR count). The van der Waals surface area contributed by atoms with Crippen LogP contribution >= 0.6 is 22.6 Å². The Morgan fingerprint density at radius 1 is 1.45 bits per heavy atom. The van der Waals surface area contributed by atoms with E-state index in [-0.39, 0.29) is 6.10 Å². The first-order valence-electron chi connectivity index (χ1n) is 3.74. The van der Waals surface area contributed by atoms with Gasteiger partial charge in [-0.3, -0.25) is 0 Å². The van der Waals surface area contributed by atoms with Crippen molar-refractivity contribution in [2.75, 3.05) is 0 Å². The highest BCUT2D eigenvalue weighted by Crippen LogP contribution is 2.33. The molecule has 0 unspecified atom stereocenters. The highest BCUT2D eigenvalue weighted by molar-refractivity contribution is 14.1. The van der Waals surface area contributed by atoms with Crippen molar-refractivity contribution in [2.45, 2.75) is 18.9 Å². The van der Waals surface area contributed by atoms with Crippen LogP contribution in [-0.4, -0.2) is 5.11 Å². The van der Waals surface area contributed by atoms with Gasteiger partial charge in [-0.05, 0) is 52.6 Å². The first kappa shape index (κ1) is 7.55. The summed E-state index contributed by atoms with van der Waals surface area (Å²) in [6, 6.07) is 6.13. The van der Waals surface area contributed by atoms with E-state index in [4.69, 9.17) is 0 Å². The quantitative estimate of drug-likeness (QED) is 0.709. The fourth-order valence-corrected chi connectivity index (χ4v) is 2.38. The molecule has 0 amide bonds. The van der Waals surface area contributed by atoms with Gasteiger partial charge in [0.25, 0.3) is 0 Å². The molecule has 0 aliphatic heterocycles. The lowest BCUT2D eigenvalue weighted by Gasteiger charge is -2.03. The van der Waals surface area contributed by atoms with Crippen LogP contribution in [0.2, 0.25) is 0 Å². The van der Waals surface area contributed by atoms with Crippen molar-refractivity contribution >= 4 is 22.6 Å². The van der Waals surface area contributed by atoms with E-state index in [0.717, 1.165) is 18.4 Å². The molecule has 0 fully saturated rings. The summed E-state index contributed by atoms with van der Waals surface area (Å²) in [5.74, 6) is 0. The number of aliphatic hydroxyl groups excluding tert-OH is 1. The van der Waals surface area contributed by atoms with E-state index in [2.05, 4.69) is 28.7 Å². The fraction of sp³-hybridized carbons (Fsp3) is 0.333. The van der Waals surface area contributed by atoms with Crippen molar-refractivity contribution in [3.8, 4) is 0 Å². The minimum atomic E-state index is -0.209. The third kappa shape index (κ3) is 1.18. The monoisotopic (exact) mass is 260 g/mol. The summed E-state index contributed by atoms with van der Waals surface area (Å²) in [7, 11) is 0. The van der Waals surface area contributed by atoms with Crippen molar-refractivity contribution in [3.63, 3.8) is 0 Å². The van der Waals surface area contributed by atoms with Gasteiger partial charge >= 0.3 is 0 Å². The molecule has 1 N–H and O–H groups in total. The van der Waals surface area contributed by atoms with E-state index in [9.17, 15) is 5.11 Å². The van der Waals surface area contributed by atoms with Crippen LogP contribution < -0.4 is 0 Å². The van der Waals surface area contributed by atoms with Crippen molar-refractivity contribution in [1.82, 2.24) is 0 Å². The molecule has 0 radical (unpaired) electrons. The Balaban J connectivity index is 2.57. The Kier molecular flexibility index (Phi) is 1.89. The number of rotatable bonds is 0. The summed E-state index contributed by atoms with van der Waals surface area (Å²) in [4.78, 5) is 0. The molecule has 1 aromatic carbocycles. The van der Waals surface area contributed by atoms with Crippen LogP contribution in [0.25, 0.3) is 0 Å². The molecule has 11 heavy (non-hydrogen) atoms. The Bertz CT molecular complexity index is 283. The van der Waals surface area contributed by atoms with E-state index in [1.165, 1.54) is 9.13 Å². The number of hydrogen-bond donors (Lipinski definition) is 1. The fourth-order valence-electron chi connectivity index (χ4n) is 1.59. The summed E-state index contributed by atoms with van der Waals surface area (Å²) in [5.41, 5.74) is 2.48. The molecular formula is C9H9IO. The molecule has 0 bridgehead atoms. The maximum atomic E-state index is 9.50. The van der Waals surface area contributed by atoms with Gasteiger partial charge in [0.05, 0.1) is 6.10 Å². The van der Waals surface area contributed by atoms with Crippen molar-refractivity contribution in [1.29, 1.82) is 0 Å². The molecule has 0 aromatic heterocycles. The molecular weight excluding hydrogens is 251 g/mol. The second-order valence-electron chi connectivity index (χ2n) is 2.86. The van der Waals surface area contributed by atoms with Gasteiger partial charge in [-0.15, -0.1) is 0 Å². The SMILES string of the molecule is O[C@H]1CCc2c(I)cccc21. The van der Waals surface area contributed by atoms with E-state index >= 15 is 0 Å². The Morgan fingerprint density at radius 2 is 2.27 bits per heavy atom. The Hall–Kier alpha value is -0.0900. The molecule has 2 heteroatoms. The van der Waals surface area contributed by atoms with E-state index in [1.54, 1.807) is 0 Å². The van der Waals surface area contributed by atoms with Crippen LogP contribution in [0, 0.1) is 3.57 Å². The number of benzene rings is 1. The van der Waals surface area contributed by atoms with Gasteiger partial charge in [0.2, 0.25) is 0 Å². The third-order valence-corrected chi connectivity index (χ3v) is 3.19. The van der Waals surface area contributed by atoms with Gasteiger partial charge in [-0.1, -0.05) is 12.1 Å². The van der Waals surface area contributed by atoms with E-state index in [1.807, 2.05) is 12.1 Å². The molecule has 1 nitrogen and oxygen atoms in total. The van der Waals surface area contributed by atoms with Crippen LogP contribution in [0.3, 0.4) is 0 Å². The van der Waals surface area contributed by atoms with Crippen molar-refractivity contribution in [3.05, 3.63) is 32.9 Å². The maximum Gasteiger partial charge on any atom is 0.0796 e. The zero-order valence-electron chi connectivity index (χ0n) is 6.05. The van der Waals surface area contributed by atoms with Gasteiger partial charge in [-0.2, -0.15) is 0 Å². The number of hydrogen-bond acceptors (Lipinski definition) is 1. The summed E-state index contributed by atoms with van der Waals surface area (Å²) in [6.07, 6.45) is 1.73. The normalized spacial score (nSPS) is 21.8. The maximum absolute atomic E-state index is 9.50. The number of halogens is 1. The summed E-state index contributed by atoms with van der Waals surface area (Å²) >= 11 is 2.32. The standard InChI is InChI=1S/C9H9IO/c10-8-3-1-2-7-6(8)4-5-9(7)11/h1-3,9,11H,4-5H2/t9-/m0/s1. The lowest BCUT2D eigenvalue weighted by atomic mass is 10.1. The van der Waals surface area contributed by atoms with Gasteiger partial charge in [0.15, 0.2) is 0 Å². The highest BCUT2D eigenvalue weighted by atomic mass is 127. The first-order valence-corrected chi connectivity index (χ1v) is 4.82. The molecule has 58 valence electrons. The van der Waals surface area contributed by atoms with Gasteiger partial charge < -0.3 is 5.11 Å². The summed E-state index contributed by atoms with van der Waals surface area (Å²) in [6.45, 7) is 0. The molecule has 1 atom stereocenters. The lowest BCUT2D eigenvalue weighted by Crippen LogP contribution is -1.90. The highest BCUT2D eigenvalue weighted by Gasteiger charge is 2.20. The van der Waals surface area contributed by atoms with Gasteiger partial charge in [-0.25, -0.2) is 0 Å². The van der Waals surface area contributed by atoms with E-state index < -0.39 is 0 Å². The average molecular weight is 260 g/mol. The van der Waals surface area contributed by atoms with E-state index in [0.29, 0.717) is 0 Å². The predicted molar refractivity (Wildman–Crippen MR) is 52.4 cm³/mol. The first-order chi connectivity index (χ1) is 5.29. The molecule has 0 heterocycles. The minimum absolute atomic E-state index is 0.209. The zero-order chi connectivity index (χ0) is 7.84. The van der Waals surface area contributed by atoms with Crippen LogP contribution in [0.1, 0.15) is 23.7 Å². The second-order valence-corrected chi connectivity index (χ2v) is 4.02. The second kappa shape index (κ2) is 2.75. The topological polar surface area (TPSA) is 20.2 Å². The Morgan fingerprint density at radius 3 is 3.00 bits per heavy atom.